The molecule has 0 spiro atoms. The molecule has 3 aromatic heterocycles. The highest BCUT2D eigenvalue weighted by atomic mass is 32.1. The highest BCUT2D eigenvalue weighted by molar-refractivity contribution is 7.25. The summed E-state index contributed by atoms with van der Waals surface area (Å²) in [5.41, 5.74) is 19.1. The van der Waals surface area contributed by atoms with Crippen molar-refractivity contribution in [2.45, 2.75) is 0 Å². The van der Waals surface area contributed by atoms with Crippen molar-refractivity contribution in [1.29, 1.82) is 0 Å². The van der Waals surface area contributed by atoms with Crippen molar-refractivity contribution in [3.05, 3.63) is 255 Å². The summed E-state index contributed by atoms with van der Waals surface area (Å²) in [6, 6.07) is 93.7. The summed E-state index contributed by atoms with van der Waals surface area (Å²) in [6.07, 6.45) is 0. The fourth-order valence-corrected chi connectivity index (χ4v) is 12.0. The van der Waals surface area contributed by atoms with Crippen LogP contribution in [-0.4, -0.2) is 9.13 Å². The molecule has 0 aliphatic carbocycles. The van der Waals surface area contributed by atoms with Crippen LogP contribution in [0.15, 0.2) is 255 Å². The van der Waals surface area contributed by atoms with E-state index in [1.54, 1.807) is 0 Å². The van der Waals surface area contributed by atoms with Gasteiger partial charge in [-0.3, -0.25) is 0 Å². The number of nitrogens with zero attached hydrogens (tertiary/aromatic N) is 2. The molecule has 0 bridgehead atoms. The molecule has 0 N–H and O–H groups in total. The number of hydrogen-bond donors (Lipinski definition) is 0. The second-order valence-electron chi connectivity index (χ2n) is 18.0. The summed E-state index contributed by atoms with van der Waals surface area (Å²) in [4.78, 5) is 0. The smallest absolute Gasteiger partial charge is 0.0547 e. The molecule has 0 atom stereocenters. The molecule has 14 aromatic rings. The highest BCUT2D eigenvalue weighted by Gasteiger charge is 2.20. The molecule has 0 amide bonds. The first-order valence-corrected chi connectivity index (χ1v) is 24.5. The van der Waals surface area contributed by atoms with Gasteiger partial charge in [0.2, 0.25) is 0 Å². The Kier molecular flexibility index (Phi) is 9.11. The third-order valence-electron chi connectivity index (χ3n) is 14.1. The summed E-state index contributed by atoms with van der Waals surface area (Å²) in [7, 11) is 0. The molecule has 0 saturated heterocycles. The maximum Gasteiger partial charge on any atom is 0.0547 e. The molecule has 0 radical (unpaired) electrons. The molecule has 0 aliphatic rings. The number of para-hydroxylation sites is 1. The molecule has 3 heteroatoms. The zero-order valence-corrected chi connectivity index (χ0v) is 38.4. The lowest BCUT2D eigenvalue weighted by Crippen LogP contribution is -1.98. The second-order valence-corrected chi connectivity index (χ2v) is 19.1. The van der Waals surface area contributed by atoms with Gasteiger partial charge in [0.05, 0.1) is 27.8 Å². The Labute approximate surface area is 403 Å². The lowest BCUT2D eigenvalue weighted by Gasteiger charge is -2.16. The Morgan fingerprint density at radius 3 is 1.49 bits per heavy atom. The molecular formula is C66H42N2S. The van der Waals surface area contributed by atoms with Gasteiger partial charge in [0, 0.05) is 53.0 Å². The Balaban J connectivity index is 0.921. The minimum absolute atomic E-state index is 1.14. The zero-order chi connectivity index (χ0) is 45.4. The van der Waals surface area contributed by atoms with Crippen molar-refractivity contribution < 1.29 is 0 Å². The highest BCUT2D eigenvalue weighted by Crippen LogP contribution is 2.44. The van der Waals surface area contributed by atoms with Crippen LogP contribution in [0.3, 0.4) is 0 Å². The Hall–Kier alpha value is -8.76. The van der Waals surface area contributed by atoms with Crippen LogP contribution in [0.4, 0.5) is 0 Å². The van der Waals surface area contributed by atoms with Gasteiger partial charge in [-0.05, 0) is 129 Å². The topological polar surface area (TPSA) is 9.86 Å². The zero-order valence-electron chi connectivity index (χ0n) is 37.6. The van der Waals surface area contributed by atoms with Gasteiger partial charge in [-0.15, -0.1) is 11.3 Å². The first kappa shape index (κ1) is 39.4. The molecule has 14 rings (SSSR count). The van der Waals surface area contributed by atoms with E-state index in [9.17, 15) is 0 Å². The summed E-state index contributed by atoms with van der Waals surface area (Å²) < 4.78 is 7.56. The number of benzene rings is 11. The van der Waals surface area contributed by atoms with E-state index in [4.69, 9.17) is 0 Å². The summed E-state index contributed by atoms with van der Waals surface area (Å²) >= 11 is 1.86. The molecule has 69 heavy (non-hydrogen) atoms. The Bertz CT molecular complexity index is 4270. The predicted molar refractivity (Wildman–Crippen MR) is 295 cm³/mol. The van der Waals surface area contributed by atoms with Gasteiger partial charge in [0.25, 0.3) is 0 Å². The maximum atomic E-state index is 2.46. The van der Waals surface area contributed by atoms with Crippen LogP contribution in [0.1, 0.15) is 0 Å². The minimum atomic E-state index is 1.14. The van der Waals surface area contributed by atoms with Gasteiger partial charge in [0.1, 0.15) is 0 Å². The number of fused-ring (bicyclic) bond motifs is 9. The van der Waals surface area contributed by atoms with Crippen molar-refractivity contribution in [3.63, 3.8) is 0 Å². The van der Waals surface area contributed by atoms with Crippen LogP contribution in [0, 0.1) is 0 Å². The summed E-state index contributed by atoms with van der Waals surface area (Å²) in [5, 5.41) is 7.59. The van der Waals surface area contributed by atoms with Crippen molar-refractivity contribution in [2.24, 2.45) is 0 Å². The molecule has 3 heterocycles. The third-order valence-corrected chi connectivity index (χ3v) is 15.3. The molecular weight excluding hydrogens is 853 g/mol. The van der Waals surface area contributed by atoms with Crippen LogP contribution in [0.25, 0.3) is 131 Å². The van der Waals surface area contributed by atoms with Gasteiger partial charge in [0.15, 0.2) is 0 Å². The average Bonchev–Trinajstić information content (AvgIpc) is 4.08. The van der Waals surface area contributed by atoms with Crippen LogP contribution >= 0.6 is 11.3 Å². The van der Waals surface area contributed by atoms with Gasteiger partial charge in [-0.2, -0.15) is 0 Å². The van der Waals surface area contributed by atoms with E-state index in [1.165, 1.54) is 119 Å². The number of hydrogen-bond acceptors (Lipinski definition) is 1. The van der Waals surface area contributed by atoms with E-state index < -0.39 is 0 Å². The van der Waals surface area contributed by atoms with Crippen molar-refractivity contribution in [3.8, 4) is 67.0 Å². The lowest BCUT2D eigenvalue weighted by molar-refractivity contribution is 1.18. The van der Waals surface area contributed by atoms with E-state index in [1.807, 2.05) is 11.3 Å². The summed E-state index contributed by atoms with van der Waals surface area (Å²) in [5.74, 6) is 0. The van der Waals surface area contributed by atoms with E-state index in [0.29, 0.717) is 0 Å². The average molecular weight is 895 g/mol. The van der Waals surface area contributed by atoms with Crippen molar-refractivity contribution in [1.82, 2.24) is 9.13 Å². The molecule has 0 fully saturated rings. The van der Waals surface area contributed by atoms with E-state index in [0.717, 1.165) is 11.4 Å². The van der Waals surface area contributed by atoms with E-state index >= 15 is 0 Å². The normalized spacial score (nSPS) is 11.8. The minimum Gasteiger partial charge on any atom is -0.309 e. The van der Waals surface area contributed by atoms with Crippen LogP contribution in [0.2, 0.25) is 0 Å². The first-order valence-electron chi connectivity index (χ1n) is 23.7. The largest absolute Gasteiger partial charge is 0.309 e. The molecule has 11 aromatic carbocycles. The SMILES string of the molecule is c1ccc(-c2ccc(-n3c4ccccc4c4cc(-c5ccc6c(c5)c5c(-c7ccccc7)cccc5n6-c5ccc(-c6ccc7sc8ccccc8c7c6)cc5)ccc43)c(-c3ccccc3)c2)cc1. The van der Waals surface area contributed by atoms with Gasteiger partial charge in [-0.1, -0.05) is 176 Å². The summed E-state index contributed by atoms with van der Waals surface area (Å²) in [6.45, 7) is 0. The van der Waals surface area contributed by atoms with Crippen LogP contribution < -0.4 is 0 Å². The fourth-order valence-electron chi connectivity index (χ4n) is 10.9. The van der Waals surface area contributed by atoms with E-state index in [2.05, 4.69) is 264 Å². The first-order chi connectivity index (χ1) is 34.2. The number of rotatable bonds is 7. The third kappa shape index (κ3) is 6.47. The molecule has 0 unspecified atom stereocenters. The Morgan fingerprint density at radius 1 is 0.246 bits per heavy atom. The molecule has 0 saturated carbocycles. The van der Waals surface area contributed by atoms with Crippen LogP contribution in [-0.2, 0) is 0 Å². The Morgan fingerprint density at radius 2 is 0.739 bits per heavy atom. The molecule has 2 nitrogen and oxygen atoms in total. The monoisotopic (exact) mass is 894 g/mol. The molecule has 322 valence electrons. The van der Waals surface area contributed by atoms with Gasteiger partial charge < -0.3 is 9.13 Å². The van der Waals surface area contributed by atoms with Crippen LogP contribution in [0.5, 0.6) is 0 Å². The van der Waals surface area contributed by atoms with Gasteiger partial charge in [-0.25, -0.2) is 0 Å². The number of aromatic nitrogens is 2. The van der Waals surface area contributed by atoms with Gasteiger partial charge >= 0.3 is 0 Å². The second kappa shape index (κ2) is 16.0. The van der Waals surface area contributed by atoms with Crippen molar-refractivity contribution >= 4 is 75.1 Å². The van der Waals surface area contributed by atoms with E-state index in [-0.39, 0.29) is 0 Å². The number of thiophene rings is 1. The predicted octanol–water partition coefficient (Wildman–Crippen LogP) is 18.6. The standard InChI is InChI=1S/C66H42N2S/c1-4-15-43(16-5-1)47-29-35-60(55(39-47)46-19-8-3-9-20-46)68-59-24-12-10-21-53(59)56-40-49(30-36-61(56)68)50-31-37-62-58(42-50)66-52(45-17-6-2-7-18-45)23-14-25-63(66)67(62)51-33-27-44(28-34-51)48-32-38-65-57(41-48)54-22-11-13-26-64(54)69-65/h1-42H. The fraction of sp³-hybridized carbons (Fsp3) is 0. The lowest BCUT2D eigenvalue weighted by atomic mass is 9.96. The molecule has 0 aliphatic heterocycles. The maximum absolute atomic E-state index is 2.46. The quantitative estimate of drug-likeness (QED) is 0.151. The van der Waals surface area contributed by atoms with Crippen molar-refractivity contribution in [2.75, 3.05) is 0 Å².